The zero-order valence-electron chi connectivity index (χ0n) is 15.0. The predicted octanol–water partition coefficient (Wildman–Crippen LogP) is 2.40. The summed E-state index contributed by atoms with van der Waals surface area (Å²) in [6.07, 6.45) is 1.67. The minimum atomic E-state index is -0.803. The van der Waals surface area contributed by atoms with Crippen LogP contribution in [0.15, 0.2) is 23.4 Å². The maximum atomic E-state index is 12.7. The molecule has 3 N–H and O–H groups in total. The number of ether oxygens (including phenoxy) is 3. The van der Waals surface area contributed by atoms with Gasteiger partial charge in [-0.25, -0.2) is 9.59 Å². The fraction of sp³-hybridized carbons (Fsp3) is 0.444. The molecule has 1 aromatic rings. The fourth-order valence-electron chi connectivity index (χ4n) is 3.15. The number of nitrogens with one attached hydrogen (secondary N) is 2. The Kier molecular flexibility index (Phi) is 5.76. The number of aromatic hydroxyl groups is 1. The van der Waals surface area contributed by atoms with Gasteiger partial charge in [-0.15, -0.1) is 0 Å². The first-order valence-corrected chi connectivity index (χ1v) is 8.92. The average molecular weight is 397 g/mol. The first kappa shape index (κ1) is 19.3. The van der Waals surface area contributed by atoms with Crippen LogP contribution in [0.3, 0.4) is 0 Å². The van der Waals surface area contributed by atoms with Gasteiger partial charge in [-0.2, -0.15) is 0 Å². The van der Waals surface area contributed by atoms with Crippen molar-refractivity contribution in [3.8, 4) is 11.5 Å². The van der Waals surface area contributed by atoms with Crippen molar-refractivity contribution in [1.82, 2.24) is 10.6 Å². The molecule has 27 heavy (non-hydrogen) atoms. The van der Waals surface area contributed by atoms with E-state index in [1.165, 1.54) is 19.2 Å². The van der Waals surface area contributed by atoms with Crippen LogP contribution in [0.25, 0.3) is 0 Å². The number of methoxy groups -OCH3 is 1. The normalized spacial score (nSPS) is 22.3. The first-order valence-electron chi connectivity index (χ1n) is 8.54. The Bertz CT molecular complexity index is 788. The Balaban J connectivity index is 1.89. The lowest BCUT2D eigenvalue weighted by Crippen LogP contribution is -2.45. The minimum absolute atomic E-state index is 0.0434. The summed E-state index contributed by atoms with van der Waals surface area (Å²) >= 11 is 6.06. The lowest BCUT2D eigenvalue weighted by atomic mass is 9.95. The molecule has 3 rings (SSSR count). The van der Waals surface area contributed by atoms with Gasteiger partial charge in [0.1, 0.15) is 6.61 Å². The third-order valence-corrected chi connectivity index (χ3v) is 4.81. The van der Waals surface area contributed by atoms with E-state index in [2.05, 4.69) is 10.6 Å². The molecule has 0 unspecified atom stereocenters. The Morgan fingerprint density at radius 3 is 2.89 bits per heavy atom. The summed E-state index contributed by atoms with van der Waals surface area (Å²) in [6.45, 7) is 2.43. The zero-order chi connectivity index (χ0) is 19.6. The van der Waals surface area contributed by atoms with Crippen molar-refractivity contribution in [2.45, 2.75) is 31.9 Å². The molecule has 0 radical (unpaired) electrons. The van der Waals surface area contributed by atoms with Crippen LogP contribution in [0.4, 0.5) is 4.79 Å². The van der Waals surface area contributed by atoms with E-state index in [0.29, 0.717) is 17.9 Å². The van der Waals surface area contributed by atoms with Gasteiger partial charge in [-0.3, -0.25) is 0 Å². The van der Waals surface area contributed by atoms with Crippen molar-refractivity contribution < 1.29 is 28.9 Å². The summed E-state index contributed by atoms with van der Waals surface area (Å²) in [5, 5.41) is 15.2. The number of amides is 2. The van der Waals surface area contributed by atoms with Gasteiger partial charge >= 0.3 is 12.0 Å². The molecule has 0 spiro atoms. The quantitative estimate of drug-likeness (QED) is 0.660. The van der Waals surface area contributed by atoms with Gasteiger partial charge in [0.25, 0.3) is 0 Å². The number of esters is 1. The van der Waals surface area contributed by atoms with E-state index in [9.17, 15) is 14.7 Å². The summed E-state index contributed by atoms with van der Waals surface area (Å²) < 4.78 is 16.0. The van der Waals surface area contributed by atoms with Crippen LogP contribution in [0.5, 0.6) is 11.5 Å². The molecule has 0 bridgehead atoms. The summed E-state index contributed by atoms with van der Waals surface area (Å²) in [7, 11) is 1.38. The van der Waals surface area contributed by atoms with Gasteiger partial charge in [-0.1, -0.05) is 11.6 Å². The Labute approximate surface area is 161 Å². The monoisotopic (exact) mass is 396 g/mol. The summed E-state index contributed by atoms with van der Waals surface area (Å²) in [6, 6.07) is 1.72. The number of carbonyl (C=O) groups is 2. The standard InChI is InChI=1S/C18H21ClN2O6/c1-9-14(17(23)27-8-11-4-3-5-26-11)15(21-18(24)20-9)10-6-12(19)16(22)13(7-10)25-2/h6-7,11,15,22H,3-5,8H2,1-2H3,(H2,20,21,24)/t11-,15+/m0/s1. The number of rotatable bonds is 5. The molecule has 2 atom stereocenters. The first-order chi connectivity index (χ1) is 12.9. The van der Waals surface area contributed by atoms with E-state index in [0.717, 1.165) is 12.8 Å². The number of allylic oxidation sites excluding steroid dienone is 1. The second-order valence-electron chi connectivity index (χ2n) is 6.36. The molecule has 2 amide bonds. The van der Waals surface area contributed by atoms with E-state index < -0.39 is 18.0 Å². The Morgan fingerprint density at radius 2 is 2.22 bits per heavy atom. The van der Waals surface area contributed by atoms with Crippen LogP contribution in [-0.4, -0.2) is 43.5 Å². The van der Waals surface area contributed by atoms with Crippen LogP contribution in [-0.2, 0) is 14.3 Å². The minimum Gasteiger partial charge on any atom is -0.503 e. The van der Waals surface area contributed by atoms with Gasteiger partial charge < -0.3 is 30.0 Å². The van der Waals surface area contributed by atoms with Crippen LogP contribution in [0.1, 0.15) is 31.4 Å². The third-order valence-electron chi connectivity index (χ3n) is 4.52. The average Bonchev–Trinajstić information content (AvgIpc) is 3.14. The maximum absolute atomic E-state index is 12.7. The molecule has 1 fully saturated rings. The van der Waals surface area contributed by atoms with E-state index in [4.69, 9.17) is 25.8 Å². The fourth-order valence-corrected chi connectivity index (χ4v) is 3.37. The highest BCUT2D eigenvalue weighted by Crippen LogP contribution is 2.39. The van der Waals surface area contributed by atoms with Crippen molar-refractivity contribution in [3.05, 3.63) is 34.0 Å². The molecule has 8 nitrogen and oxygen atoms in total. The number of urea groups is 1. The largest absolute Gasteiger partial charge is 0.503 e. The van der Waals surface area contributed by atoms with Gasteiger partial charge in [0, 0.05) is 12.3 Å². The summed E-state index contributed by atoms with van der Waals surface area (Å²) in [5.41, 5.74) is 1.11. The number of halogens is 1. The second-order valence-corrected chi connectivity index (χ2v) is 6.76. The number of benzene rings is 1. The van der Waals surface area contributed by atoms with E-state index in [-0.39, 0.29) is 34.8 Å². The highest BCUT2D eigenvalue weighted by molar-refractivity contribution is 6.32. The van der Waals surface area contributed by atoms with Crippen LogP contribution in [0.2, 0.25) is 5.02 Å². The SMILES string of the molecule is COc1cc([C@H]2NC(=O)NC(C)=C2C(=O)OC[C@@H]2CCCO2)cc(Cl)c1O. The number of hydrogen-bond acceptors (Lipinski definition) is 6. The van der Waals surface area contributed by atoms with Crippen LogP contribution in [0, 0.1) is 0 Å². The van der Waals surface area contributed by atoms with E-state index in [1.54, 1.807) is 6.92 Å². The molecule has 0 aliphatic carbocycles. The predicted molar refractivity (Wildman–Crippen MR) is 96.7 cm³/mol. The smallest absolute Gasteiger partial charge is 0.338 e. The van der Waals surface area contributed by atoms with Gasteiger partial charge in [0.05, 0.1) is 29.9 Å². The maximum Gasteiger partial charge on any atom is 0.338 e. The highest BCUT2D eigenvalue weighted by Gasteiger charge is 2.33. The molecule has 9 heteroatoms. The number of carbonyl (C=O) groups excluding carboxylic acids is 2. The number of phenolic OH excluding ortho intramolecular Hbond substituents is 1. The molecule has 0 aromatic heterocycles. The Morgan fingerprint density at radius 1 is 1.44 bits per heavy atom. The molecule has 2 aliphatic heterocycles. The summed E-state index contributed by atoms with van der Waals surface area (Å²) in [4.78, 5) is 24.7. The van der Waals surface area contributed by atoms with Crippen molar-refractivity contribution in [2.75, 3.05) is 20.3 Å². The van der Waals surface area contributed by atoms with Crippen molar-refractivity contribution >= 4 is 23.6 Å². The third kappa shape index (κ3) is 4.12. The van der Waals surface area contributed by atoms with E-state index >= 15 is 0 Å². The molecule has 0 saturated carbocycles. The Hall–Kier alpha value is -2.45. The molecule has 1 saturated heterocycles. The lowest BCUT2D eigenvalue weighted by Gasteiger charge is -2.28. The van der Waals surface area contributed by atoms with Gasteiger partial charge in [0.2, 0.25) is 0 Å². The van der Waals surface area contributed by atoms with E-state index in [1.807, 2.05) is 0 Å². The van der Waals surface area contributed by atoms with Crippen molar-refractivity contribution in [3.63, 3.8) is 0 Å². The molecular weight excluding hydrogens is 376 g/mol. The van der Waals surface area contributed by atoms with Gasteiger partial charge in [-0.05, 0) is 37.5 Å². The number of hydrogen-bond donors (Lipinski definition) is 3. The molecule has 2 aliphatic rings. The van der Waals surface area contributed by atoms with Crippen LogP contribution >= 0.6 is 11.6 Å². The zero-order valence-corrected chi connectivity index (χ0v) is 15.8. The molecule has 146 valence electrons. The number of phenols is 1. The lowest BCUT2D eigenvalue weighted by molar-refractivity contribution is -0.142. The van der Waals surface area contributed by atoms with Crippen molar-refractivity contribution in [2.24, 2.45) is 0 Å². The molecule has 2 heterocycles. The molecule has 1 aromatic carbocycles. The van der Waals surface area contributed by atoms with Gasteiger partial charge in [0.15, 0.2) is 11.5 Å². The molecular formula is C18H21ClN2O6. The second kappa shape index (κ2) is 8.06. The highest BCUT2D eigenvalue weighted by atomic mass is 35.5. The van der Waals surface area contributed by atoms with Crippen molar-refractivity contribution in [1.29, 1.82) is 0 Å². The summed E-state index contributed by atoms with van der Waals surface area (Å²) in [5.74, 6) is -0.648. The van der Waals surface area contributed by atoms with Crippen LogP contribution < -0.4 is 15.4 Å². The topological polar surface area (TPSA) is 106 Å².